The van der Waals surface area contributed by atoms with Gasteiger partial charge in [0.25, 0.3) is 0 Å². The Labute approximate surface area is 283 Å². The molecule has 6 atom stereocenters. The van der Waals surface area contributed by atoms with Gasteiger partial charge in [-0.15, -0.1) is 11.3 Å². The molecule has 7 heteroatoms. The Balaban J connectivity index is 1.36. The first-order valence-corrected chi connectivity index (χ1v) is 17.4. The van der Waals surface area contributed by atoms with Crippen molar-refractivity contribution in [1.29, 1.82) is 0 Å². The number of aryl methyl sites for hydroxylation is 2. The number of Topliss-reactive ketones (excluding diaryl/α,β-unsaturated/α-hetero) is 1. The van der Waals surface area contributed by atoms with Crippen LogP contribution in [0.15, 0.2) is 108 Å². The number of thiophene rings is 1. The average molecular weight is 654 g/mol. The molecule has 1 saturated carbocycles. The van der Waals surface area contributed by atoms with Gasteiger partial charge in [0.05, 0.1) is 23.8 Å². The zero-order valence-corrected chi connectivity index (χ0v) is 27.6. The van der Waals surface area contributed by atoms with Gasteiger partial charge in [0, 0.05) is 22.3 Å². The van der Waals surface area contributed by atoms with Crippen molar-refractivity contribution in [3.8, 4) is 5.75 Å². The van der Waals surface area contributed by atoms with E-state index in [1.807, 2.05) is 104 Å². The number of rotatable bonds is 5. The van der Waals surface area contributed by atoms with Crippen LogP contribution in [0, 0.1) is 37.5 Å². The molecule has 0 radical (unpaired) electrons. The number of nitrogens with zero attached hydrogens (tertiary/aromatic N) is 1. The molecule has 8 rings (SSSR count). The first-order valence-electron chi connectivity index (χ1n) is 16.5. The number of likely N-dealkylation sites (tertiary alicyclic amines) is 1. The lowest BCUT2D eigenvalue weighted by Crippen LogP contribution is -2.58. The van der Waals surface area contributed by atoms with E-state index in [9.17, 15) is 19.5 Å². The maximum absolute atomic E-state index is 15.1. The molecule has 48 heavy (non-hydrogen) atoms. The van der Waals surface area contributed by atoms with Crippen molar-refractivity contribution in [2.45, 2.75) is 44.6 Å². The maximum atomic E-state index is 15.1. The van der Waals surface area contributed by atoms with Crippen LogP contribution in [0.3, 0.4) is 0 Å². The summed E-state index contributed by atoms with van der Waals surface area (Å²) in [7, 11) is 0. The molecule has 2 heterocycles. The minimum absolute atomic E-state index is 0.129. The number of allylic oxidation sites excluding steroid dienone is 4. The highest BCUT2D eigenvalue weighted by Crippen LogP contribution is 2.64. The van der Waals surface area contributed by atoms with Crippen molar-refractivity contribution in [1.82, 2.24) is 4.90 Å². The van der Waals surface area contributed by atoms with Crippen LogP contribution in [0.2, 0.25) is 0 Å². The van der Waals surface area contributed by atoms with Crippen LogP contribution in [-0.2, 0) is 31.1 Å². The van der Waals surface area contributed by atoms with E-state index < -0.39 is 35.0 Å². The number of fused-ring (bicyclic) bond motifs is 4. The van der Waals surface area contributed by atoms with Gasteiger partial charge in [0.1, 0.15) is 5.75 Å². The number of hydrogen-bond acceptors (Lipinski definition) is 6. The van der Waals surface area contributed by atoms with E-state index in [2.05, 4.69) is 6.08 Å². The largest absolute Gasteiger partial charge is 0.507 e. The molecule has 0 spiro atoms. The zero-order chi connectivity index (χ0) is 33.3. The van der Waals surface area contributed by atoms with Gasteiger partial charge in [-0.2, -0.15) is 0 Å². The predicted molar refractivity (Wildman–Crippen MR) is 184 cm³/mol. The normalized spacial score (nSPS) is 28.0. The lowest BCUT2D eigenvalue weighted by Gasteiger charge is -2.55. The maximum Gasteiger partial charge on any atom is 0.234 e. The summed E-state index contributed by atoms with van der Waals surface area (Å²) in [5.74, 6) is -3.41. The van der Waals surface area contributed by atoms with E-state index in [1.54, 1.807) is 0 Å². The summed E-state index contributed by atoms with van der Waals surface area (Å²) in [6, 6.07) is 26.6. The number of carbonyl (C=O) groups excluding carboxylic acids is 4. The van der Waals surface area contributed by atoms with Crippen molar-refractivity contribution in [3.05, 3.63) is 141 Å². The molecule has 2 fully saturated rings. The van der Waals surface area contributed by atoms with Crippen LogP contribution >= 0.6 is 11.3 Å². The number of carbonyl (C=O) groups is 4. The highest BCUT2D eigenvalue weighted by Gasteiger charge is 2.65. The van der Waals surface area contributed by atoms with Gasteiger partial charge >= 0.3 is 0 Å². The highest BCUT2D eigenvalue weighted by molar-refractivity contribution is 7.09. The quantitative estimate of drug-likeness (QED) is 0.183. The van der Waals surface area contributed by atoms with E-state index in [-0.39, 0.29) is 42.1 Å². The van der Waals surface area contributed by atoms with Gasteiger partial charge in [-0.25, -0.2) is 0 Å². The molecular weight excluding hydrogens is 619 g/mol. The summed E-state index contributed by atoms with van der Waals surface area (Å²) in [4.78, 5) is 60.7. The fourth-order valence-corrected chi connectivity index (χ4v) is 9.88. The molecule has 4 aliphatic rings. The summed E-state index contributed by atoms with van der Waals surface area (Å²) in [5, 5.41) is 12.8. The fraction of sp³-hybridized carbons (Fsp3) is 0.268. The molecule has 240 valence electrons. The Morgan fingerprint density at radius 2 is 1.54 bits per heavy atom. The van der Waals surface area contributed by atoms with E-state index in [1.165, 1.54) is 22.3 Å². The van der Waals surface area contributed by atoms with E-state index >= 15 is 4.79 Å². The van der Waals surface area contributed by atoms with Crippen LogP contribution in [0.25, 0.3) is 5.57 Å². The first kappa shape index (κ1) is 30.5. The fourth-order valence-electron chi connectivity index (χ4n) is 9.18. The Bertz CT molecular complexity index is 2020. The predicted octanol–water partition coefficient (Wildman–Crippen LogP) is 7.10. The van der Waals surface area contributed by atoms with Crippen LogP contribution in [0.1, 0.15) is 51.5 Å². The van der Waals surface area contributed by atoms with Gasteiger partial charge in [0.2, 0.25) is 11.8 Å². The molecule has 4 aromatic rings. The second-order valence-corrected chi connectivity index (χ2v) is 14.7. The molecule has 1 aliphatic heterocycles. The number of ketones is 2. The van der Waals surface area contributed by atoms with Gasteiger partial charge in [-0.3, -0.25) is 24.1 Å². The summed E-state index contributed by atoms with van der Waals surface area (Å²) >= 11 is 1.51. The number of phenolic OH excluding ortho intramolecular Hbond substituents is 1. The standard InChI is InChI=1S/C41H35NO5S/c1-23-18-26(19-24(2)37(23)44)36-29-15-16-30-35(40(47)42(39(30)46)22-28-14-9-17-48-28)32(29)20-33-38(45)31(25-10-5-3-6-11-25)21-34(43)41(33,36)27-12-7-4-8-13-27/h3-15,17-19,21,30,32-33,35-36,44H,16,20,22H2,1-2H3/t30-,32+,33-,35-,36-,41-/m0/s1. The van der Waals surface area contributed by atoms with Crippen molar-refractivity contribution in [3.63, 3.8) is 0 Å². The molecule has 3 aliphatic carbocycles. The second kappa shape index (κ2) is 11.4. The summed E-state index contributed by atoms with van der Waals surface area (Å²) in [5.41, 5.74) is 3.61. The van der Waals surface area contributed by atoms with Gasteiger partial charge in [-0.05, 0) is 77.9 Å². The third kappa shape index (κ3) is 4.37. The van der Waals surface area contributed by atoms with Crippen molar-refractivity contribution < 1.29 is 24.3 Å². The summed E-state index contributed by atoms with van der Waals surface area (Å²) in [6.07, 6.45) is 4.28. The Morgan fingerprint density at radius 3 is 2.21 bits per heavy atom. The van der Waals surface area contributed by atoms with Gasteiger partial charge in [-0.1, -0.05) is 90.5 Å². The second-order valence-electron chi connectivity index (χ2n) is 13.6. The minimum Gasteiger partial charge on any atom is -0.507 e. The van der Waals surface area contributed by atoms with Crippen molar-refractivity contribution in [2.75, 3.05) is 0 Å². The molecule has 6 nitrogen and oxygen atoms in total. The smallest absolute Gasteiger partial charge is 0.234 e. The molecule has 2 amide bonds. The van der Waals surface area contributed by atoms with E-state index in [0.717, 1.165) is 21.6 Å². The Hall–Kier alpha value is -4.88. The summed E-state index contributed by atoms with van der Waals surface area (Å²) < 4.78 is 0. The van der Waals surface area contributed by atoms with Crippen LogP contribution in [-0.4, -0.2) is 33.4 Å². The number of imide groups is 1. The van der Waals surface area contributed by atoms with E-state index in [0.29, 0.717) is 28.7 Å². The number of aromatic hydroxyl groups is 1. The molecular formula is C41H35NO5S. The highest BCUT2D eigenvalue weighted by atomic mass is 32.1. The van der Waals surface area contributed by atoms with E-state index in [4.69, 9.17) is 0 Å². The van der Waals surface area contributed by atoms with Crippen LogP contribution in [0.5, 0.6) is 5.75 Å². The molecule has 0 unspecified atom stereocenters. The van der Waals surface area contributed by atoms with Gasteiger partial charge < -0.3 is 5.11 Å². The number of amides is 2. The first-order chi connectivity index (χ1) is 23.2. The molecule has 1 N–H and O–H groups in total. The molecule has 3 aromatic carbocycles. The molecule has 1 saturated heterocycles. The minimum atomic E-state index is -1.29. The Morgan fingerprint density at radius 1 is 0.854 bits per heavy atom. The third-order valence-corrected chi connectivity index (χ3v) is 12.1. The lowest BCUT2D eigenvalue weighted by atomic mass is 9.44. The topological polar surface area (TPSA) is 91.8 Å². The Kier molecular flexibility index (Phi) is 7.22. The third-order valence-electron chi connectivity index (χ3n) is 11.2. The van der Waals surface area contributed by atoms with Crippen LogP contribution < -0.4 is 0 Å². The monoisotopic (exact) mass is 653 g/mol. The molecule has 0 bridgehead atoms. The number of hydrogen-bond donors (Lipinski definition) is 1. The summed E-state index contributed by atoms with van der Waals surface area (Å²) in [6.45, 7) is 3.92. The van der Waals surface area contributed by atoms with Crippen molar-refractivity contribution in [2.24, 2.45) is 23.7 Å². The van der Waals surface area contributed by atoms with Crippen LogP contribution in [0.4, 0.5) is 0 Å². The lowest BCUT2D eigenvalue weighted by molar-refractivity contribution is -0.141. The molecule has 1 aromatic heterocycles. The SMILES string of the molecule is Cc1cc([C@H]2C3=CC[C@@H]4C(=O)N(Cc5cccs5)C(=O)[C@@H]4[C@@H]3C[C@H]3C(=O)C(c4ccccc4)=CC(=O)[C@@]23c2ccccc2)cc(C)c1O. The number of phenols is 1. The number of benzene rings is 3. The average Bonchev–Trinajstić information content (AvgIpc) is 3.71. The van der Waals surface area contributed by atoms with Gasteiger partial charge in [0.15, 0.2) is 11.6 Å². The zero-order valence-electron chi connectivity index (χ0n) is 26.8. The van der Waals surface area contributed by atoms with Crippen molar-refractivity contribution >= 4 is 40.3 Å².